The van der Waals surface area contributed by atoms with E-state index in [1.165, 1.54) is 7.11 Å². The van der Waals surface area contributed by atoms with E-state index in [-0.39, 0.29) is 28.7 Å². The summed E-state index contributed by atoms with van der Waals surface area (Å²) in [6.07, 6.45) is 5.74. The van der Waals surface area contributed by atoms with Crippen molar-refractivity contribution in [2.45, 2.75) is 71.4 Å². The molecule has 47 heavy (non-hydrogen) atoms. The van der Waals surface area contributed by atoms with Crippen LogP contribution in [0.25, 0.3) is 21.6 Å². The van der Waals surface area contributed by atoms with Crippen molar-refractivity contribution in [2.24, 2.45) is 5.73 Å². The summed E-state index contributed by atoms with van der Waals surface area (Å²) >= 11 is 1.59. The lowest BCUT2D eigenvalue weighted by Gasteiger charge is -2.34. The highest BCUT2D eigenvalue weighted by Gasteiger charge is 2.31. The van der Waals surface area contributed by atoms with Gasteiger partial charge in [0.1, 0.15) is 11.4 Å². The highest BCUT2D eigenvalue weighted by atomic mass is 32.1. The zero-order valence-corrected chi connectivity index (χ0v) is 28.1. The second kappa shape index (κ2) is 13.3. The van der Waals surface area contributed by atoms with Crippen LogP contribution in [0.5, 0.6) is 5.75 Å². The number of hydrogen-bond donors (Lipinski definition) is 3. The maximum Gasteiger partial charge on any atom is 0.357 e. The molecular weight excluding hydrogens is 612 g/mol. The van der Waals surface area contributed by atoms with Crippen molar-refractivity contribution in [1.29, 1.82) is 0 Å². The number of nitrogens with zero attached hydrogens (tertiary/aromatic N) is 1. The summed E-state index contributed by atoms with van der Waals surface area (Å²) in [5, 5.41) is 8.30. The summed E-state index contributed by atoms with van der Waals surface area (Å²) in [6.45, 7) is 6.77. The van der Waals surface area contributed by atoms with E-state index in [1.807, 2.05) is 44.4 Å². The third-order valence-electron chi connectivity index (χ3n) is 9.22. The number of carbonyl (C=O) groups excluding carboxylic acids is 3. The number of nitrogens with one attached hydrogen (secondary N) is 2. The van der Waals surface area contributed by atoms with Crippen LogP contribution in [0.3, 0.4) is 0 Å². The fourth-order valence-corrected chi connectivity index (χ4v) is 7.70. The number of hydrogen-bond acceptors (Lipinski definition) is 8. The van der Waals surface area contributed by atoms with Gasteiger partial charge in [0.25, 0.3) is 11.8 Å². The van der Waals surface area contributed by atoms with Gasteiger partial charge >= 0.3 is 5.97 Å². The third-order valence-corrected chi connectivity index (χ3v) is 10.2. The van der Waals surface area contributed by atoms with Crippen LogP contribution in [-0.4, -0.2) is 42.0 Å². The molecule has 0 radical (unpaired) electrons. The molecule has 2 aromatic heterocycles. The standard InChI is InChI=1S/C37H40N4O5S/c1-21-16-23(20-38)17-22(2)31(21)40-34(42)27-18-28-30(46-14-10-24-11-15-47-33(24)28)19-26(27)25-8-9-29(39-32(25)36(44)45-4)35(43)41-37(3)12-6-5-7-13-37/h8-9,11,15-19H,5-7,10,12-14,20,38H2,1-4H3,(H,40,42)(H,41,43). The van der Waals surface area contributed by atoms with Crippen molar-refractivity contribution in [1.82, 2.24) is 10.3 Å². The molecule has 10 heteroatoms. The molecule has 2 aliphatic rings. The third kappa shape index (κ3) is 6.53. The van der Waals surface area contributed by atoms with Crippen molar-refractivity contribution in [3.05, 3.63) is 87.0 Å². The van der Waals surface area contributed by atoms with Crippen molar-refractivity contribution >= 4 is 34.8 Å². The van der Waals surface area contributed by atoms with Gasteiger partial charge in [-0.1, -0.05) is 31.4 Å². The Bertz CT molecular complexity index is 1850. The van der Waals surface area contributed by atoms with E-state index >= 15 is 0 Å². The minimum absolute atomic E-state index is 0.0620. The van der Waals surface area contributed by atoms with Crippen LogP contribution in [0.1, 0.15) is 92.6 Å². The minimum atomic E-state index is -0.717. The van der Waals surface area contributed by atoms with E-state index in [1.54, 1.807) is 29.5 Å². The van der Waals surface area contributed by atoms with Crippen molar-refractivity contribution in [2.75, 3.05) is 19.0 Å². The van der Waals surface area contributed by atoms with Crippen LogP contribution in [0.15, 0.2) is 47.8 Å². The molecule has 3 heterocycles. The number of aromatic nitrogens is 1. The maximum atomic E-state index is 14.3. The highest BCUT2D eigenvalue weighted by molar-refractivity contribution is 7.13. The summed E-state index contributed by atoms with van der Waals surface area (Å²) in [5.74, 6) is -0.836. The zero-order valence-electron chi connectivity index (χ0n) is 27.2. The molecular formula is C37H40N4O5S. The number of pyridine rings is 1. The van der Waals surface area contributed by atoms with Crippen molar-refractivity contribution < 1.29 is 23.9 Å². The number of amides is 2. The summed E-state index contributed by atoms with van der Waals surface area (Å²) in [5.41, 5.74) is 12.1. The van der Waals surface area contributed by atoms with E-state index in [0.717, 1.165) is 71.2 Å². The van der Waals surface area contributed by atoms with Crippen molar-refractivity contribution in [3.8, 4) is 27.3 Å². The number of thiophene rings is 1. The fraction of sp³-hybridized carbons (Fsp3) is 0.351. The van der Waals surface area contributed by atoms with Gasteiger partial charge in [-0.15, -0.1) is 11.3 Å². The Balaban J connectivity index is 1.48. The number of benzene rings is 2. The second-order valence-electron chi connectivity index (χ2n) is 12.7. The Labute approximate surface area is 278 Å². The van der Waals surface area contributed by atoms with E-state index < -0.39 is 5.97 Å². The highest BCUT2D eigenvalue weighted by Crippen LogP contribution is 2.43. The molecule has 244 valence electrons. The van der Waals surface area contributed by atoms with E-state index in [0.29, 0.717) is 41.3 Å². The van der Waals surface area contributed by atoms with Crippen LogP contribution in [0.2, 0.25) is 0 Å². The molecule has 1 fully saturated rings. The maximum absolute atomic E-state index is 14.3. The quantitative estimate of drug-likeness (QED) is 0.184. The smallest absolute Gasteiger partial charge is 0.357 e. The van der Waals surface area contributed by atoms with Crippen molar-refractivity contribution in [3.63, 3.8) is 0 Å². The Hall–Kier alpha value is -4.54. The van der Waals surface area contributed by atoms with Gasteiger partial charge in [0.2, 0.25) is 0 Å². The van der Waals surface area contributed by atoms with Gasteiger partial charge in [0.15, 0.2) is 5.69 Å². The van der Waals surface area contributed by atoms with E-state index in [2.05, 4.69) is 21.7 Å². The summed E-state index contributed by atoms with van der Waals surface area (Å²) in [6, 6.07) is 12.9. The molecule has 2 amide bonds. The number of fused-ring (bicyclic) bond motifs is 3. The number of esters is 1. The molecule has 2 aromatic carbocycles. The predicted octanol–water partition coefficient (Wildman–Crippen LogP) is 6.98. The molecule has 4 aromatic rings. The van der Waals surface area contributed by atoms with Crippen LogP contribution < -0.4 is 21.1 Å². The molecule has 9 nitrogen and oxygen atoms in total. The average molecular weight is 653 g/mol. The van der Waals surface area contributed by atoms with Crippen LogP contribution >= 0.6 is 11.3 Å². The summed E-state index contributed by atoms with van der Waals surface area (Å²) in [4.78, 5) is 46.6. The predicted molar refractivity (Wildman–Crippen MR) is 184 cm³/mol. The second-order valence-corrected chi connectivity index (χ2v) is 13.6. The van der Waals surface area contributed by atoms with Crippen LogP contribution in [0.4, 0.5) is 5.69 Å². The van der Waals surface area contributed by atoms with Gasteiger partial charge < -0.3 is 25.8 Å². The Morgan fingerprint density at radius 2 is 1.72 bits per heavy atom. The normalized spacial score (nSPS) is 15.0. The molecule has 0 spiro atoms. The number of nitrogens with two attached hydrogens (primary N) is 1. The molecule has 0 saturated heterocycles. The number of methoxy groups -OCH3 is 1. The molecule has 1 aliphatic carbocycles. The zero-order chi connectivity index (χ0) is 33.3. The summed E-state index contributed by atoms with van der Waals surface area (Å²) < 4.78 is 11.4. The van der Waals surface area contributed by atoms with Gasteiger partial charge in [0.05, 0.1) is 13.7 Å². The minimum Gasteiger partial charge on any atom is -0.493 e. The van der Waals surface area contributed by atoms with Gasteiger partial charge in [-0.2, -0.15) is 0 Å². The topological polar surface area (TPSA) is 133 Å². The van der Waals surface area contributed by atoms with E-state index in [9.17, 15) is 14.4 Å². The monoisotopic (exact) mass is 652 g/mol. The van der Waals surface area contributed by atoms with E-state index in [4.69, 9.17) is 15.2 Å². The molecule has 0 bridgehead atoms. The molecule has 0 unspecified atom stereocenters. The largest absolute Gasteiger partial charge is 0.493 e. The van der Waals surface area contributed by atoms with Crippen LogP contribution in [0, 0.1) is 13.8 Å². The summed E-state index contributed by atoms with van der Waals surface area (Å²) in [7, 11) is 1.27. The first-order valence-electron chi connectivity index (χ1n) is 16.0. The lowest BCUT2D eigenvalue weighted by molar-refractivity contribution is 0.0594. The molecule has 4 N–H and O–H groups in total. The van der Waals surface area contributed by atoms with Crippen LogP contribution in [-0.2, 0) is 17.7 Å². The lowest BCUT2D eigenvalue weighted by Crippen LogP contribution is -2.47. The number of ether oxygens (including phenoxy) is 2. The molecule has 1 saturated carbocycles. The first kappa shape index (κ1) is 32.4. The van der Waals surface area contributed by atoms with Gasteiger partial charge in [-0.25, -0.2) is 9.78 Å². The molecule has 6 rings (SSSR count). The first-order valence-corrected chi connectivity index (χ1v) is 16.9. The number of rotatable bonds is 7. The first-order chi connectivity index (χ1) is 22.6. The molecule has 0 atom stereocenters. The average Bonchev–Trinajstić information content (AvgIpc) is 3.46. The Morgan fingerprint density at radius 3 is 2.43 bits per heavy atom. The van der Waals surface area contributed by atoms with Gasteiger partial charge in [-0.3, -0.25) is 9.59 Å². The Morgan fingerprint density at radius 1 is 0.979 bits per heavy atom. The fourth-order valence-electron chi connectivity index (χ4n) is 6.73. The molecule has 1 aliphatic heterocycles. The SMILES string of the molecule is COC(=O)c1nc(C(=O)NC2(C)CCCCC2)ccc1-c1cc2c(cc1C(=O)Nc1c(C)cc(CN)cc1C)-c1sccc1CCO2. The number of aryl methyl sites for hydroxylation is 2. The van der Waals surface area contributed by atoms with Gasteiger partial charge in [0, 0.05) is 51.3 Å². The lowest BCUT2D eigenvalue weighted by atomic mass is 9.83. The van der Waals surface area contributed by atoms with Gasteiger partial charge in [-0.05, 0) is 91.6 Å². The number of carbonyl (C=O) groups is 3. The Kier molecular flexibility index (Phi) is 9.16. The number of anilines is 1.